The molecule has 3 nitrogen and oxygen atoms in total. The number of hydrogen-bond donors (Lipinski definition) is 1. The lowest BCUT2D eigenvalue weighted by atomic mass is 10.2. The van der Waals surface area contributed by atoms with Gasteiger partial charge in [-0.15, -0.1) is 0 Å². The van der Waals surface area contributed by atoms with Crippen molar-refractivity contribution >= 4 is 17.7 Å². The van der Waals surface area contributed by atoms with Gasteiger partial charge in [0.1, 0.15) is 0 Å². The lowest BCUT2D eigenvalue weighted by molar-refractivity contribution is -0.122. The summed E-state index contributed by atoms with van der Waals surface area (Å²) in [4.78, 5) is 13.8. The van der Waals surface area contributed by atoms with Gasteiger partial charge in [0, 0.05) is 17.8 Å². The van der Waals surface area contributed by atoms with E-state index < -0.39 is 0 Å². The Balaban J connectivity index is 2.24. The van der Waals surface area contributed by atoms with Crippen molar-refractivity contribution in [3.8, 4) is 0 Å². The lowest BCUT2D eigenvalue weighted by Crippen LogP contribution is -2.40. The van der Waals surface area contributed by atoms with E-state index in [-0.39, 0.29) is 5.91 Å². The first-order valence-corrected chi connectivity index (χ1v) is 7.80. The molecular formula is C13H26N2OS. The van der Waals surface area contributed by atoms with Crippen molar-refractivity contribution in [1.29, 1.82) is 0 Å². The van der Waals surface area contributed by atoms with Crippen LogP contribution in [0.5, 0.6) is 0 Å². The first kappa shape index (κ1) is 14.8. The molecule has 0 aliphatic heterocycles. The molecule has 1 aliphatic rings. The van der Waals surface area contributed by atoms with Crippen molar-refractivity contribution in [3.63, 3.8) is 0 Å². The normalized spacial score (nSPS) is 24.2. The Morgan fingerprint density at radius 1 is 1.41 bits per heavy atom. The number of hydrogen-bond acceptors (Lipinski definition) is 3. The van der Waals surface area contributed by atoms with Gasteiger partial charge in [-0.1, -0.05) is 13.8 Å². The van der Waals surface area contributed by atoms with Gasteiger partial charge < -0.3 is 5.32 Å². The van der Waals surface area contributed by atoms with Crippen LogP contribution in [0.2, 0.25) is 0 Å². The highest BCUT2D eigenvalue weighted by Gasteiger charge is 2.28. The highest BCUT2D eigenvalue weighted by Crippen LogP contribution is 2.31. The summed E-state index contributed by atoms with van der Waals surface area (Å²) in [5.74, 6) is 1.37. The van der Waals surface area contributed by atoms with E-state index in [9.17, 15) is 4.79 Å². The zero-order valence-corrected chi connectivity index (χ0v) is 12.2. The Hall–Kier alpha value is -0.220. The van der Waals surface area contributed by atoms with Crippen LogP contribution in [0.15, 0.2) is 0 Å². The summed E-state index contributed by atoms with van der Waals surface area (Å²) < 4.78 is 0. The Labute approximate surface area is 110 Å². The number of nitrogens with zero attached hydrogens (tertiary/aromatic N) is 1. The molecule has 0 aromatic carbocycles. The molecule has 0 aromatic rings. The Morgan fingerprint density at radius 2 is 2.18 bits per heavy atom. The van der Waals surface area contributed by atoms with Crippen LogP contribution >= 0.6 is 11.8 Å². The monoisotopic (exact) mass is 258 g/mol. The van der Waals surface area contributed by atoms with Gasteiger partial charge in [0.05, 0.1) is 6.54 Å². The number of nitrogens with one attached hydrogen (secondary N) is 1. The van der Waals surface area contributed by atoms with Crippen LogP contribution in [0, 0.1) is 0 Å². The topological polar surface area (TPSA) is 32.3 Å². The van der Waals surface area contributed by atoms with Crippen molar-refractivity contribution in [2.24, 2.45) is 0 Å². The summed E-state index contributed by atoms with van der Waals surface area (Å²) in [5.41, 5.74) is 0. The molecule has 1 rings (SSSR count). The fourth-order valence-corrected chi connectivity index (χ4v) is 3.51. The van der Waals surface area contributed by atoms with Crippen LogP contribution in [-0.2, 0) is 4.79 Å². The molecule has 1 saturated carbocycles. The highest BCUT2D eigenvalue weighted by molar-refractivity contribution is 7.99. The molecule has 0 unspecified atom stereocenters. The number of carbonyl (C=O) groups excluding carboxylic acids is 1. The third-order valence-corrected chi connectivity index (χ3v) is 4.58. The first-order chi connectivity index (χ1) is 8.17. The van der Waals surface area contributed by atoms with Crippen LogP contribution in [0.25, 0.3) is 0 Å². The standard InChI is InChI=1S/C13H26N2OS/c1-4-8-14-13(16)10-15(3)11-6-7-12(9-11)17-5-2/h11-12H,4-10H2,1-3H3,(H,14,16)/t11-,12-/m0/s1. The molecule has 0 bridgehead atoms. The summed E-state index contributed by atoms with van der Waals surface area (Å²) in [6.45, 7) is 5.65. The lowest BCUT2D eigenvalue weighted by Gasteiger charge is -2.23. The predicted octanol–water partition coefficient (Wildman–Crippen LogP) is 2.12. The molecular weight excluding hydrogens is 232 g/mol. The maximum atomic E-state index is 11.6. The van der Waals surface area contributed by atoms with E-state index in [1.54, 1.807) is 0 Å². The molecule has 0 heterocycles. The van der Waals surface area contributed by atoms with Crippen molar-refractivity contribution in [2.75, 3.05) is 25.9 Å². The van der Waals surface area contributed by atoms with Crippen molar-refractivity contribution < 1.29 is 4.79 Å². The maximum absolute atomic E-state index is 11.6. The van der Waals surface area contributed by atoms with Crippen LogP contribution in [0.1, 0.15) is 39.5 Å². The third kappa shape index (κ3) is 5.30. The Kier molecular flexibility index (Phi) is 6.97. The van der Waals surface area contributed by atoms with Crippen LogP contribution < -0.4 is 5.32 Å². The number of amides is 1. The summed E-state index contributed by atoms with van der Waals surface area (Å²) >= 11 is 2.07. The van der Waals surface area contributed by atoms with Gasteiger partial charge in [0.25, 0.3) is 0 Å². The molecule has 1 fully saturated rings. The molecule has 0 aromatic heterocycles. The Morgan fingerprint density at radius 3 is 2.82 bits per heavy atom. The molecule has 100 valence electrons. The molecule has 1 aliphatic carbocycles. The fraction of sp³-hybridized carbons (Fsp3) is 0.923. The van der Waals surface area contributed by atoms with Gasteiger partial charge in [-0.2, -0.15) is 11.8 Å². The van der Waals surface area contributed by atoms with Gasteiger partial charge in [-0.25, -0.2) is 0 Å². The molecule has 1 N–H and O–H groups in total. The number of thioether (sulfide) groups is 1. The predicted molar refractivity (Wildman–Crippen MR) is 75.5 cm³/mol. The second-order valence-corrected chi connectivity index (χ2v) is 6.39. The maximum Gasteiger partial charge on any atom is 0.234 e. The molecule has 0 saturated heterocycles. The molecule has 0 radical (unpaired) electrons. The molecule has 17 heavy (non-hydrogen) atoms. The van der Waals surface area contributed by atoms with Crippen molar-refractivity contribution in [1.82, 2.24) is 10.2 Å². The van der Waals surface area contributed by atoms with E-state index in [2.05, 4.69) is 42.9 Å². The first-order valence-electron chi connectivity index (χ1n) is 6.75. The van der Waals surface area contributed by atoms with E-state index in [1.807, 2.05) is 0 Å². The zero-order valence-electron chi connectivity index (χ0n) is 11.4. The SMILES string of the molecule is CCCNC(=O)CN(C)[C@H]1CC[C@H](SCC)C1. The smallest absolute Gasteiger partial charge is 0.234 e. The third-order valence-electron chi connectivity index (χ3n) is 3.35. The van der Waals surface area contributed by atoms with E-state index in [0.29, 0.717) is 12.6 Å². The van der Waals surface area contributed by atoms with Crippen LogP contribution in [0.4, 0.5) is 0 Å². The minimum absolute atomic E-state index is 0.168. The number of carbonyl (C=O) groups is 1. The quantitative estimate of drug-likeness (QED) is 0.759. The van der Waals surface area contributed by atoms with E-state index in [1.165, 1.54) is 25.0 Å². The fourth-order valence-electron chi connectivity index (χ4n) is 2.38. The molecule has 1 amide bonds. The minimum atomic E-state index is 0.168. The number of likely N-dealkylation sites (N-methyl/N-ethyl adjacent to an activating group) is 1. The van der Waals surface area contributed by atoms with Gasteiger partial charge in [0.2, 0.25) is 5.91 Å². The average Bonchev–Trinajstić information content (AvgIpc) is 2.75. The van der Waals surface area contributed by atoms with Crippen molar-refractivity contribution in [2.45, 2.75) is 50.8 Å². The highest BCUT2D eigenvalue weighted by atomic mass is 32.2. The average molecular weight is 258 g/mol. The molecule has 2 atom stereocenters. The van der Waals surface area contributed by atoms with Gasteiger partial charge in [-0.3, -0.25) is 9.69 Å². The van der Waals surface area contributed by atoms with E-state index in [0.717, 1.165) is 18.2 Å². The summed E-state index contributed by atoms with van der Waals surface area (Å²) in [7, 11) is 2.08. The van der Waals surface area contributed by atoms with Gasteiger partial charge in [0.15, 0.2) is 0 Å². The number of rotatable bonds is 7. The minimum Gasteiger partial charge on any atom is -0.355 e. The summed E-state index contributed by atoms with van der Waals surface area (Å²) in [6, 6.07) is 0.603. The van der Waals surface area contributed by atoms with Crippen LogP contribution in [-0.4, -0.2) is 48.0 Å². The largest absolute Gasteiger partial charge is 0.355 e. The summed E-state index contributed by atoms with van der Waals surface area (Å²) in [6.07, 6.45) is 4.81. The van der Waals surface area contributed by atoms with E-state index in [4.69, 9.17) is 0 Å². The zero-order chi connectivity index (χ0) is 12.7. The second kappa shape index (κ2) is 7.98. The molecule has 0 spiro atoms. The van der Waals surface area contributed by atoms with Gasteiger partial charge in [-0.05, 0) is 38.5 Å². The van der Waals surface area contributed by atoms with Crippen molar-refractivity contribution in [3.05, 3.63) is 0 Å². The van der Waals surface area contributed by atoms with Gasteiger partial charge >= 0.3 is 0 Å². The summed E-state index contributed by atoms with van der Waals surface area (Å²) in [5, 5.41) is 3.75. The Bertz CT molecular complexity index is 235. The molecule has 4 heteroatoms. The van der Waals surface area contributed by atoms with E-state index >= 15 is 0 Å². The van der Waals surface area contributed by atoms with Crippen LogP contribution in [0.3, 0.4) is 0 Å². The second-order valence-electron chi connectivity index (χ2n) is 4.81.